The first-order valence-electron chi connectivity index (χ1n) is 7.87. The molecule has 1 aliphatic heterocycles. The van der Waals surface area contributed by atoms with Crippen LogP contribution < -0.4 is 15.4 Å². The third-order valence-corrected chi connectivity index (χ3v) is 3.86. The van der Waals surface area contributed by atoms with Crippen LogP contribution in [0.5, 0.6) is 5.75 Å². The molecule has 5 heteroatoms. The number of carbonyl (C=O) groups excluding carboxylic acids is 2. The second-order valence-electron chi connectivity index (χ2n) is 5.69. The van der Waals surface area contributed by atoms with Crippen LogP contribution in [0.3, 0.4) is 0 Å². The number of hydrogen-bond acceptors (Lipinski definition) is 3. The van der Waals surface area contributed by atoms with Crippen LogP contribution in [0, 0.1) is 12.8 Å². The maximum atomic E-state index is 12.1. The van der Waals surface area contributed by atoms with Gasteiger partial charge in [0, 0.05) is 25.4 Å². The van der Waals surface area contributed by atoms with Crippen molar-refractivity contribution in [2.24, 2.45) is 5.92 Å². The average molecular weight is 304 g/mol. The van der Waals surface area contributed by atoms with Crippen LogP contribution in [0.25, 0.3) is 0 Å². The minimum absolute atomic E-state index is 0.0411. The number of amides is 2. The Kier molecular flexibility index (Phi) is 5.81. The molecular formula is C17H24N2O3. The van der Waals surface area contributed by atoms with Crippen LogP contribution in [0.4, 0.5) is 0 Å². The van der Waals surface area contributed by atoms with E-state index < -0.39 is 0 Å². The molecule has 0 unspecified atom stereocenters. The van der Waals surface area contributed by atoms with E-state index in [1.165, 1.54) is 0 Å². The molecule has 0 aromatic heterocycles. The third-order valence-electron chi connectivity index (χ3n) is 3.86. The highest BCUT2D eigenvalue weighted by atomic mass is 16.5. The van der Waals surface area contributed by atoms with Crippen molar-refractivity contribution >= 4 is 11.8 Å². The maximum Gasteiger partial charge on any atom is 0.223 e. The second-order valence-corrected chi connectivity index (χ2v) is 5.69. The lowest BCUT2D eigenvalue weighted by Crippen LogP contribution is -2.40. The van der Waals surface area contributed by atoms with E-state index in [2.05, 4.69) is 17.6 Å². The zero-order valence-corrected chi connectivity index (χ0v) is 13.3. The molecule has 120 valence electrons. The van der Waals surface area contributed by atoms with Gasteiger partial charge in [0.2, 0.25) is 11.8 Å². The Morgan fingerprint density at radius 2 is 2.27 bits per heavy atom. The fraction of sp³-hybridized carbons (Fsp3) is 0.529. The molecule has 1 atom stereocenters. The number of hydrogen-bond donors (Lipinski definition) is 2. The summed E-state index contributed by atoms with van der Waals surface area (Å²) in [6, 6.07) is 5.90. The number of aryl methyl sites for hydroxylation is 1. The van der Waals surface area contributed by atoms with Gasteiger partial charge in [-0.25, -0.2) is 0 Å². The largest absolute Gasteiger partial charge is 0.494 e. The SMILES string of the molecule is CCCOc1ccc(CNC(=O)[C@H]2CCNC(=O)C2)c(C)c1. The number of benzene rings is 1. The molecule has 1 fully saturated rings. The summed E-state index contributed by atoms with van der Waals surface area (Å²) in [5, 5.41) is 5.67. The summed E-state index contributed by atoms with van der Waals surface area (Å²) >= 11 is 0. The van der Waals surface area contributed by atoms with Crippen molar-refractivity contribution in [3.05, 3.63) is 29.3 Å². The predicted octanol–water partition coefficient (Wildman–Crippen LogP) is 1.93. The third kappa shape index (κ3) is 4.48. The first-order chi connectivity index (χ1) is 10.6. The summed E-state index contributed by atoms with van der Waals surface area (Å²) in [4.78, 5) is 23.4. The molecule has 1 saturated heterocycles. The van der Waals surface area contributed by atoms with E-state index in [9.17, 15) is 9.59 Å². The molecule has 1 heterocycles. The number of piperidine rings is 1. The molecule has 0 spiro atoms. The van der Waals surface area contributed by atoms with E-state index in [1.807, 2.05) is 25.1 Å². The Labute approximate surface area is 131 Å². The van der Waals surface area contributed by atoms with Crippen molar-refractivity contribution in [2.45, 2.75) is 39.7 Å². The molecule has 1 aromatic carbocycles. The second kappa shape index (κ2) is 7.82. The van der Waals surface area contributed by atoms with Gasteiger partial charge in [-0.15, -0.1) is 0 Å². The average Bonchev–Trinajstić information content (AvgIpc) is 2.51. The molecule has 2 amide bonds. The highest BCUT2D eigenvalue weighted by Crippen LogP contribution is 2.18. The highest BCUT2D eigenvalue weighted by Gasteiger charge is 2.25. The summed E-state index contributed by atoms with van der Waals surface area (Å²) in [6.07, 6.45) is 1.97. The van der Waals surface area contributed by atoms with E-state index in [0.717, 1.165) is 23.3 Å². The van der Waals surface area contributed by atoms with E-state index in [0.29, 0.717) is 26.1 Å². The Hall–Kier alpha value is -2.04. The van der Waals surface area contributed by atoms with Gasteiger partial charge in [-0.1, -0.05) is 13.0 Å². The van der Waals surface area contributed by atoms with Gasteiger partial charge >= 0.3 is 0 Å². The smallest absolute Gasteiger partial charge is 0.223 e. The molecule has 0 radical (unpaired) electrons. The zero-order valence-electron chi connectivity index (χ0n) is 13.3. The van der Waals surface area contributed by atoms with Gasteiger partial charge < -0.3 is 15.4 Å². The van der Waals surface area contributed by atoms with Gasteiger partial charge in [0.05, 0.1) is 6.61 Å². The highest BCUT2D eigenvalue weighted by molar-refractivity contribution is 5.86. The van der Waals surface area contributed by atoms with E-state index in [4.69, 9.17) is 4.74 Å². The molecule has 2 N–H and O–H groups in total. The monoisotopic (exact) mass is 304 g/mol. The topological polar surface area (TPSA) is 67.4 Å². The minimum atomic E-state index is -0.207. The molecule has 1 aromatic rings. The molecule has 0 saturated carbocycles. The summed E-state index contributed by atoms with van der Waals surface area (Å²) in [7, 11) is 0. The van der Waals surface area contributed by atoms with E-state index in [-0.39, 0.29) is 24.2 Å². The lowest BCUT2D eigenvalue weighted by molar-refractivity contribution is -0.132. The van der Waals surface area contributed by atoms with Crippen molar-refractivity contribution in [2.75, 3.05) is 13.2 Å². The van der Waals surface area contributed by atoms with Crippen molar-refractivity contribution in [3.8, 4) is 5.75 Å². The van der Waals surface area contributed by atoms with Gasteiger partial charge in [-0.3, -0.25) is 9.59 Å². The fourth-order valence-corrected chi connectivity index (χ4v) is 2.51. The van der Waals surface area contributed by atoms with Gasteiger partial charge in [-0.2, -0.15) is 0 Å². The van der Waals surface area contributed by atoms with Crippen LogP contribution in [-0.2, 0) is 16.1 Å². The lowest BCUT2D eigenvalue weighted by Gasteiger charge is -2.21. The molecule has 1 aliphatic rings. The summed E-state index contributed by atoms with van der Waals surface area (Å²) in [6.45, 7) is 5.85. The molecule has 0 aliphatic carbocycles. The predicted molar refractivity (Wildman–Crippen MR) is 84.5 cm³/mol. The normalized spacial score (nSPS) is 17.7. The Balaban J connectivity index is 1.88. The number of ether oxygens (including phenoxy) is 1. The van der Waals surface area contributed by atoms with Crippen LogP contribution in [-0.4, -0.2) is 25.0 Å². The summed E-state index contributed by atoms with van der Waals surface area (Å²) in [5.41, 5.74) is 2.16. The van der Waals surface area contributed by atoms with Gasteiger partial charge in [0.25, 0.3) is 0 Å². The van der Waals surface area contributed by atoms with Crippen LogP contribution >= 0.6 is 0 Å². The van der Waals surface area contributed by atoms with Crippen molar-refractivity contribution < 1.29 is 14.3 Å². The fourth-order valence-electron chi connectivity index (χ4n) is 2.51. The van der Waals surface area contributed by atoms with E-state index in [1.54, 1.807) is 0 Å². The van der Waals surface area contributed by atoms with Crippen LogP contribution in [0.1, 0.15) is 37.3 Å². The van der Waals surface area contributed by atoms with Crippen LogP contribution in [0.15, 0.2) is 18.2 Å². The Bertz CT molecular complexity index is 543. The molecule has 22 heavy (non-hydrogen) atoms. The Morgan fingerprint density at radius 3 is 2.95 bits per heavy atom. The van der Waals surface area contributed by atoms with Crippen molar-refractivity contribution in [1.82, 2.24) is 10.6 Å². The van der Waals surface area contributed by atoms with E-state index >= 15 is 0 Å². The first kappa shape index (κ1) is 16.3. The van der Waals surface area contributed by atoms with Gasteiger partial charge in [0.1, 0.15) is 5.75 Å². The molecular weight excluding hydrogens is 280 g/mol. The van der Waals surface area contributed by atoms with Crippen molar-refractivity contribution in [1.29, 1.82) is 0 Å². The van der Waals surface area contributed by atoms with Crippen molar-refractivity contribution in [3.63, 3.8) is 0 Å². The number of rotatable bonds is 6. The summed E-state index contributed by atoms with van der Waals surface area (Å²) < 4.78 is 5.59. The quantitative estimate of drug-likeness (QED) is 0.844. The number of carbonyl (C=O) groups is 2. The number of nitrogens with one attached hydrogen (secondary N) is 2. The molecule has 2 rings (SSSR count). The Morgan fingerprint density at radius 1 is 1.45 bits per heavy atom. The minimum Gasteiger partial charge on any atom is -0.494 e. The standard InChI is InChI=1S/C17H24N2O3/c1-3-8-22-15-5-4-14(12(2)9-15)11-19-17(21)13-6-7-18-16(20)10-13/h4-5,9,13H,3,6-8,10-11H2,1-2H3,(H,18,20)(H,19,21)/t13-/m0/s1. The molecule has 5 nitrogen and oxygen atoms in total. The summed E-state index contributed by atoms with van der Waals surface area (Å²) in [5.74, 6) is 0.570. The first-order valence-corrected chi connectivity index (χ1v) is 7.87. The molecule has 0 bridgehead atoms. The van der Waals surface area contributed by atoms with Gasteiger partial charge in [-0.05, 0) is 43.0 Å². The lowest BCUT2D eigenvalue weighted by atomic mass is 9.96. The zero-order chi connectivity index (χ0) is 15.9. The van der Waals surface area contributed by atoms with Crippen LogP contribution in [0.2, 0.25) is 0 Å². The maximum absolute atomic E-state index is 12.1. The van der Waals surface area contributed by atoms with Gasteiger partial charge in [0.15, 0.2) is 0 Å².